The molecule has 2 saturated heterocycles. The number of benzene rings is 1. The van der Waals surface area contributed by atoms with E-state index in [1.165, 1.54) is 18.5 Å². The minimum Gasteiger partial charge on any atom is -0.379 e. The Morgan fingerprint density at radius 2 is 1.65 bits per heavy atom. The van der Waals surface area contributed by atoms with Crippen LogP contribution in [0.5, 0.6) is 0 Å². The molecule has 1 aromatic carbocycles. The smallest absolute Gasteiger partial charge is 0.253 e. The Morgan fingerprint density at radius 1 is 1.04 bits per heavy atom. The first kappa shape index (κ1) is 19.4. The summed E-state index contributed by atoms with van der Waals surface area (Å²) in [6.45, 7) is 13.5. The second-order valence-electron chi connectivity index (χ2n) is 8.81. The first-order valence-electron chi connectivity index (χ1n) is 10.1. The molecule has 4 heteroatoms. The lowest BCUT2D eigenvalue weighted by atomic mass is 9.86. The average molecular weight is 359 g/mol. The number of hydrogen-bond donors (Lipinski definition) is 0. The molecule has 0 aromatic heterocycles. The minimum absolute atomic E-state index is 0.125. The molecular formula is C22H34N2O2. The first-order chi connectivity index (χ1) is 12.4. The van der Waals surface area contributed by atoms with Crippen LogP contribution in [0.2, 0.25) is 0 Å². The van der Waals surface area contributed by atoms with Crippen molar-refractivity contribution in [1.29, 1.82) is 0 Å². The van der Waals surface area contributed by atoms with Crippen molar-refractivity contribution in [2.45, 2.75) is 45.4 Å². The maximum absolute atomic E-state index is 12.8. The number of nitrogens with zero attached hydrogens (tertiary/aromatic N) is 2. The summed E-state index contributed by atoms with van der Waals surface area (Å²) >= 11 is 0. The summed E-state index contributed by atoms with van der Waals surface area (Å²) in [5, 5.41) is 0. The van der Waals surface area contributed by atoms with Gasteiger partial charge in [0.05, 0.1) is 13.2 Å². The number of carbonyl (C=O) groups excluding carboxylic acids is 1. The van der Waals surface area contributed by atoms with Gasteiger partial charge >= 0.3 is 0 Å². The molecule has 0 spiro atoms. The number of hydrogen-bond acceptors (Lipinski definition) is 3. The highest BCUT2D eigenvalue weighted by Gasteiger charge is 2.24. The summed E-state index contributed by atoms with van der Waals surface area (Å²) in [5.41, 5.74) is 2.22. The van der Waals surface area contributed by atoms with Gasteiger partial charge in [0.1, 0.15) is 0 Å². The van der Waals surface area contributed by atoms with E-state index < -0.39 is 0 Å². The predicted molar refractivity (Wildman–Crippen MR) is 106 cm³/mol. The van der Waals surface area contributed by atoms with Crippen LogP contribution in [-0.2, 0) is 10.2 Å². The third-order valence-electron chi connectivity index (χ3n) is 5.86. The lowest BCUT2D eigenvalue weighted by molar-refractivity contribution is 0.0332. The van der Waals surface area contributed by atoms with Gasteiger partial charge in [-0.3, -0.25) is 9.69 Å². The lowest BCUT2D eigenvalue weighted by Gasteiger charge is -2.34. The van der Waals surface area contributed by atoms with Gasteiger partial charge in [0.2, 0.25) is 0 Å². The Balaban J connectivity index is 1.45. The van der Waals surface area contributed by atoms with E-state index in [1.807, 2.05) is 17.0 Å². The number of likely N-dealkylation sites (tertiary alicyclic amines) is 1. The van der Waals surface area contributed by atoms with Crippen molar-refractivity contribution in [3.05, 3.63) is 35.4 Å². The second kappa shape index (κ2) is 8.53. The molecular weight excluding hydrogens is 324 g/mol. The predicted octanol–water partition coefficient (Wildman–Crippen LogP) is 3.56. The van der Waals surface area contributed by atoms with Crippen LogP contribution in [0.25, 0.3) is 0 Å². The number of rotatable bonds is 4. The highest BCUT2D eigenvalue weighted by molar-refractivity contribution is 5.94. The normalized spacial score (nSPS) is 20.3. The van der Waals surface area contributed by atoms with Gasteiger partial charge in [-0.05, 0) is 54.8 Å². The Kier molecular flexibility index (Phi) is 6.36. The van der Waals surface area contributed by atoms with Gasteiger partial charge in [0.25, 0.3) is 5.91 Å². The van der Waals surface area contributed by atoms with Gasteiger partial charge in [-0.15, -0.1) is 0 Å². The lowest BCUT2D eigenvalue weighted by Crippen LogP contribution is -2.40. The Morgan fingerprint density at radius 3 is 2.23 bits per heavy atom. The van der Waals surface area contributed by atoms with E-state index in [1.54, 1.807) is 0 Å². The van der Waals surface area contributed by atoms with Gasteiger partial charge in [-0.25, -0.2) is 0 Å². The number of amides is 1. The molecule has 26 heavy (non-hydrogen) atoms. The molecule has 0 atom stereocenters. The molecule has 0 N–H and O–H groups in total. The summed E-state index contributed by atoms with van der Waals surface area (Å²) in [6.07, 6.45) is 3.52. The summed E-state index contributed by atoms with van der Waals surface area (Å²) in [7, 11) is 0. The van der Waals surface area contributed by atoms with Crippen molar-refractivity contribution < 1.29 is 9.53 Å². The van der Waals surface area contributed by atoms with E-state index in [9.17, 15) is 4.79 Å². The topological polar surface area (TPSA) is 32.8 Å². The fourth-order valence-corrected chi connectivity index (χ4v) is 3.91. The largest absolute Gasteiger partial charge is 0.379 e. The molecule has 2 aliphatic rings. The van der Waals surface area contributed by atoms with E-state index in [0.717, 1.165) is 63.7 Å². The third-order valence-corrected chi connectivity index (χ3v) is 5.86. The van der Waals surface area contributed by atoms with Crippen molar-refractivity contribution in [2.24, 2.45) is 5.92 Å². The Hall–Kier alpha value is -1.39. The standard InChI is InChI=1S/C22H34N2O2/c1-22(2,3)20-6-4-19(5-7-20)21(25)24-12-9-18(10-13-24)8-11-23-14-16-26-17-15-23/h4-7,18H,8-17H2,1-3H3. The van der Waals surface area contributed by atoms with Crippen LogP contribution in [0.4, 0.5) is 0 Å². The van der Waals surface area contributed by atoms with E-state index in [0.29, 0.717) is 0 Å². The van der Waals surface area contributed by atoms with Gasteiger partial charge in [-0.1, -0.05) is 32.9 Å². The van der Waals surface area contributed by atoms with E-state index >= 15 is 0 Å². The number of ether oxygens (including phenoxy) is 1. The summed E-state index contributed by atoms with van der Waals surface area (Å²) in [6, 6.07) is 8.19. The molecule has 2 fully saturated rings. The van der Waals surface area contributed by atoms with Crippen molar-refractivity contribution in [3.8, 4) is 0 Å². The molecule has 144 valence electrons. The van der Waals surface area contributed by atoms with Crippen molar-refractivity contribution in [3.63, 3.8) is 0 Å². The first-order valence-corrected chi connectivity index (χ1v) is 10.1. The molecule has 1 aromatic rings. The molecule has 0 bridgehead atoms. The number of morpholine rings is 1. The molecule has 0 saturated carbocycles. The van der Waals surface area contributed by atoms with Crippen molar-refractivity contribution in [1.82, 2.24) is 9.80 Å². The van der Waals surface area contributed by atoms with Gasteiger partial charge in [0.15, 0.2) is 0 Å². The second-order valence-corrected chi connectivity index (χ2v) is 8.81. The Labute approximate surface area is 158 Å². The van der Waals surface area contributed by atoms with Crippen LogP contribution >= 0.6 is 0 Å². The molecule has 2 heterocycles. The molecule has 1 amide bonds. The highest BCUT2D eigenvalue weighted by Crippen LogP contribution is 2.25. The highest BCUT2D eigenvalue weighted by atomic mass is 16.5. The summed E-state index contributed by atoms with van der Waals surface area (Å²) < 4.78 is 5.41. The SMILES string of the molecule is CC(C)(C)c1ccc(C(=O)N2CCC(CCN3CCOCC3)CC2)cc1. The van der Waals surface area contributed by atoms with Crippen LogP contribution < -0.4 is 0 Å². The van der Waals surface area contributed by atoms with Crippen LogP contribution in [0, 0.1) is 5.92 Å². The minimum atomic E-state index is 0.125. The fourth-order valence-electron chi connectivity index (χ4n) is 3.91. The van der Waals surface area contributed by atoms with Crippen molar-refractivity contribution >= 4 is 5.91 Å². The van der Waals surface area contributed by atoms with E-state index in [4.69, 9.17) is 4.74 Å². The fraction of sp³-hybridized carbons (Fsp3) is 0.682. The number of carbonyl (C=O) groups is 1. The number of piperidine rings is 1. The molecule has 4 nitrogen and oxygen atoms in total. The van der Waals surface area contributed by atoms with Gasteiger partial charge in [0, 0.05) is 31.7 Å². The van der Waals surface area contributed by atoms with E-state index in [-0.39, 0.29) is 11.3 Å². The average Bonchev–Trinajstić information content (AvgIpc) is 2.66. The Bertz CT molecular complexity index is 577. The van der Waals surface area contributed by atoms with Crippen molar-refractivity contribution in [2.75, 3.05) is 45.9 Å². The van der Waals surface area contributed by atoms with E-state index in [2.05, 4.69) is 37.8 Å². The zero-order valence-corrected chi connectivity index (χ0v) is 16.7. The quantitative estimate of drug-likeness (QED) is 0.825. The van der Waals surface area contributed by atoms with Crippen LogP contribution in [0.1, 0.15) is 56.0 Å². The van der Waals surface area contributed by atoms with Crippen LogP contribution in [0.3, 0.4) is 0 Å². The molecule has 0 radical (unpaired) electrons. The molecule has 3 rings (SSSR count). The molecule has 2 aliphatic heterocycles. The monoisotopic (exact) mass is 358 g/mol. The van der Waals surface area contributed by atoms with Gasteiger partial charge in [-0.2, -0.15) is 0 Å². The zero-order chi connectivity index (χ0) is 18.6. The maximum Gasteiger partial charge on any atom is 0.253 e. The van der Waals surface area contributed by atoms with Gasteiger partial charge < -0.3 is 9.64 Å². The third kappa shape index (κ3) is 5.08. The molecule has 0 aliphatic carbocycles. The summed E-state index contributed by atoms with van der Waals surface area (Å²) in [4.78, 5) is 17.3. The zero-order valence-electron chi connectivity index (χ0n) is 16.7. The molecule has 0 unspecified atom stereocenters. The maximum atomic E-state index is 12.8. The van der Waals surface area contributed by atoms with Crippen LogP contribution in [0.15, 0.2) is 24.3 Å². The summed E-state index contributed by atoms with van der Waals surface area (Å²) in [5.74, 6) is 0.947. The van der Waals surface area contributed by atoms with Crippen LogP contribution in [-0.4, -0.2) is 61.6 Å².